The SMILES string of the molecule is COc1cc(OC)c(Cc2ccc[nH]c2=O)cn1. The summed E-state index contributed by atoms with van der Waals surface area (Å²) in [6, 6.07) is 5.27. The summed E-state index contributed by atoms with van der Waals surface area (Å²) in [6.07, 6.45) is 3.73. The van der Waals surface area contributed by atoms with E-state index in [0.29, 0.717) is 23.6 Å². The number of nitrogens with one attached hydrogen (secondary N) is 1. The molecule has 0 aliphatic carbocycles. The lowest BCUT2D eigenvalue weighted by molar-refractivity contribution is 0.380. The van der Waals surface area contributed by atoms with E-state index in [1.807, 2.05) is 0 Å². The molecule has 1 N–H and O–H groups in total. The highest BCUT2D eigenvalue weighted by atomic mass is 16.5. The van der Waals surface area contributed by atoms with E-state index in [1.54, 1.807) is 44.8 Å². The number of hydrogen-bond acceptors (Lipinski definition) is 4. The highest BCUT2D eigenvalue weighted by Crippen LogP contribution is 2.23. The molecule has 2 aromatic rings. The van der Waals surface area contributed by atoms with Crippen LogP contribution in [0.15, 0.2) is 35.4 Å². The molecule has 0 atom stereocenters. The number of hydrogen-bond donors (Lipinski definition) is 1. The van der Waals surface area contributed by atoms with Gasteiger partial charge in [0.05, 0.1) is 14.2 Å². The quantitative estimate of drug-likeness (QED) is 0.885. The van der Waals surface area contributed by atoms with Gasteiger partial charge in [0.15, 0.2) is 0 Å². The Kier molecular flexibility index (Phi) is 3.62. The first-order valence-corrected chi connectivity index (χ1v) is 5.48. The summed E-state index contributed by atoms with van der Waals surface area (Å²) in [4.78, 5) is 18.4. The van der Waals surface area contributed by atoms with E-state index in [-0.39, 0.29) is 5.56 Å². The molecule has 0 unspecified atom stereocenters. The van der Waals surface area contributed by atoms with Crippen LogP contribution in [0.4, 0.5) is 0 Å². The maximum atomic E-state index is 11.6. The van der Waals surface area contributed by atoms with Gasteiger partial charge in [0.25, 0.3) is 5.56 Å². The van der Waals surface area contributed by atoms with E-state index in [1.165, 1.54) is 0 Å². The number of rotatable bonds is 4. The minimum absolute atomic E-state index is 0.102. The lowest BCUT2D eigenvalue weighted by atomic mass is 10.1. The first-order valence-electron chi connectivity index (χ1n) is 5.48. The van der Waals surface area contributed by atoms with Crippen molar-refractivity contribution < 1.29 is 9.47 Å². The number of aromatic amines is 1. The smallest absolute Gasteiger partial charge is 0.251 e. The van der Waals surface area contributed by atoms with Gasteiger partial charge in [-0.05, 0) is 6.07 Å². The molecular weight excluding hydrogens is 232 g/mol. The lowest BCUT2D eigenvalue weighted by Crippen LogP contribution is -2.11. The van der Waals surface area contributed by atoms with Crippen LogP contribution in [0.3, 0.4) is 0 Å². The van der Waals surface area contributed by atoms with Crippen molar-refractivity contribution in [3.8, 4) is 11.6 Å². The third kappa shape index (κ3) is 2.51. The van der Waals surface area contributed by atoms with Gasteiger partial charge in [-0.1, -0.05) is 6.07 Å². The Bertz CT molecular complexity index is 593. The molecule has 0 fully saturated rings. The zero-order chi connectivity index (χ0) is 13.0. The van der Waals surface area contributed by atoms with E-state index >= 15 is 0 Å². The molecule has 0 aromatic carbocycles. The third-order valence-electron chi connectivity index (χ3n) is 2.63. The molecule has 0 amide bonds. The number of pyridine rings is 2. The molecule has 0 aliphatic heterocycles. The minimum atomic E-state index is -0.102. The molecule has 0 saturated heterocycles. The Morgan fingerprint density at radius 1 is 1.28 bits per heavy atom. The van der Waals surface area contributed by atoms with Gasteiger partial charge in [-0.15, -0.1) is 0 Å². The molecule has 5 nitrogen and oxygen atoms in total. The van der Waals surface area contributed by atoms with Gasteiger partial charge in [0, 0.05) is 36.0 Å². The van der Waals surface area contributed by atoms with Crippen molar-refractivity contribution >= 4 is 0 Å². The third-order valence-corrected chi connectivity index (χ3v) is 2.63. The molecule has 0 spiro atoms. The van der Waals surface area contributed by atoms with Gasteiger partial charge in [0.2, 0.25) is 5.88 Å². The van der Waals surface area contributed by atoms with Crippen LogP contribution in [0.5, 0.6) is 11.6 Å². The van der Waals surface area contributed by atoms with Gasteiger partial charge in [0.1, 0.15) is 5.75 Å². The fourth-order valence-electron chi connectivity index (χ4n) is 1.68. The van der Waals surface area contributed by atoms with Crippen LogP contribution < -0.4 is 15.0 Å². The van der Waals surface area contributed by atoms with Crippen LogP contribution in [0.1, 0.15) is 11.1 Å². The average molecular weight is 246 g/mol. The van der Waals surface area contributed by atoms with Crippen LogP contribution in [0.2, 0.25) is 0 Å². The van der Waals surface area contributed by atoms with Gasteiger partial charge in [-0.25, -0.2) is 4.98 Å². The fraction of sp³-hybridized carbons (Fsp3) is 0.231. The van der Waals surface area contributed by atoms with Crippen molar-refractivity contribution in [1.29, 1.82) is 0 Å². The van der Waals surface area contributed by atoms with Crippen LogP contribution in [-0.4, -0.2) is 24.2 Å². The van der Waals surface area contributed by atoms with Crippen LogP contribution >= 0.6 is 0 Å². The fourth-order valence-corrected chi connectivity index (χ4v) is 1.68. The van der Waals surface area contributed by atoms with Gasteiger partial charge < -0.3 is 14.5 Å². The second kappa shape index (κ2) is 5.35. The minimum Gasteiger partial charge on any atom is -0.496 e. The molecule has 2 heterocycles. The van der Waals surface area contributed by atoms with E-state index < -0.39 is 0 Å². The Hall–Kier alpha value is -2.30. The first kappa shape index (κ1) is 12.2. The van der Waals surface area contributed by atoms with Crippen molar-refractivity contribution in [2.75, 3.05) is 14.2 Å². The van der Waals surface area contributed by atoms with Crippen LogP contribution in [0.25, 0.3) is 0 Å². The predicted octanol–water partition coefficient (Wildman–Crippen LogP) is 1.38. The van der Waals surface area contributed by atoms with Crippen molar-refractivity contribution in [1.82, 2.24) is 9.97 Å². The monoisotopic (exact) mass is 246 g/mol. The summed E-state index contributed by atoms with van der Waals surface area (Å²) in [5.41, 5.74) is 1.41. The van der Waals surface area contributed by atoms with E-state index in [4.69, 9.17) is 9.47 Å². The van der Waals surface area contributed by atoms with Crippen LogP contribution in [0, 0.1) is 0 Å². The second-order valence-electron chi connectivity index (χ2n) is 3.74. The van der Waals surface area contributed by atoms with E-state index in [9.17, 15) is 4.79 Å². The zero-order valence-corrected chi connectivity index (χ0v) is 10.3. The lowest BCUT2D eigenvalue weighted by Gasteiger charge is -2.09. The number of aromatic nitrogens is 2. The van der Waals surface area contributed by atoms with Gasteiger partial charge in [-0.3, -0.25) is 4.79 Å². The average Bonchev–Trinajstić information content (AvgIpc) is 2.41. The Morgan fingerprint density at radius 3 is 2.78 bits per heavy atom. The van der Waals surface area contributed by atoms with Crippen molar-refractivity contribution in [3.05, 3.63) is 52.1 Å². The summed E-state index contributed by atoms with van der Waals surface area (Å²) >= 11 is 0. The molecule has 0 radical (unpaired) electrons. The Balaban J connectivity index is 2.35. The Morgan fingerprint density at radius 2 is 2.11 bits per heavy atom. The van der Waals surface area contributed by atoms with E-state index in [0.717, 1.165) is 5.56 Å². The second-order valence-corrected chi connectivity index (χ2v) is 3.74. The van der Waals surface area contributed by atoms with Crippen molar-refractivity contribution in [2.24, 2.45) is 0 Å². The molecule has 2 rings (SSSR count). The molecule has 18 heavy (non-hydrogen) atoms. The number of methoxy groups -OCH3 is 2. The molecule has 5 heteroatoms. The molecule has 0 saturated carbocycles. The normalized spacial score (nSPS) is 10.1. The largest absolute Gasteiger partial charge is 0.496 e. The molecule has 0 aliphatic rings. The van der Waals surface area contributed by atoms with E-state index in [2.05, 4.69) is 9.97 Å². The summed E-state index contributed by atoms with van der Waals surface area (Å²) in [5.74, 6) is 1.14. The standard InChI is InChI=1S/C13H14N2O3/c1-17-11-7-12(18-2)15-8-10(11)6-9-4-3-5-14-13(9)16/h3-5,7-8H,6H2,1-2H3,(H,14,16). The topological polar surface area (TPSA) is 64.2 Å². The molecule has 94 valence electrons. The number of H-pyrrole nitrogens is 1. The summed E-state index contributed by atoms with van der Waals surface area (Å²) < 4.78 is 10.3. The first-order chi connectivity index (χ1) is 8.74. The van der Waals surface area contributed by atoms with Gasteiger partial charge in [-0.2, -0.15) is 0 Å². The highest BCUT2D eigenvalue weighted by Gasteiger charge is 2.08. The predicted molar refractivity (Wildman–Crippen MR) is 67.2 cm³/mol. The van der Waals surface area contributed by atoms with Crippen LogP contribution in [-0.2, 0) is 6.42 Å². The summed E-state index contributed by atoms with van der Waals surface area (Å²) in [6.45, 7) is 0. The molecule has 2 aromatic heterocycles. The van der Waals surface area contributed by atoms with Crippen molar-refractivity contribution in [3.63, 3.8) is 0 Å². The van der Waals surface area contributed by atoms with Gasteiger partial charge >= 0.3 is 0 Å². The molecular formula is C13H14N2O3. The number of ether oxygens (including phenoxy) is 2. The number of nitrogens with zero attached hydrogens (tertiary/aromatic N) is 1. The summed E-state index contributed by atoms with van der Waals surface area (Å²) in [5, 5.41) is 0. The summed E-state index contributed by atoms with van der Waals surface area (Å²) in [7, 11) is 3.12. The zero-order valence-electron chi connectivity index (χ0n) is 10.3. The highest BCUT2D eigenvalue weighted by molar-refractivity contribution is 5.38. The Labute approximate surface area is 104 Å². The molecule has 0 bridgehead atoms. The maximum Gasteiger partial charge on any atom is 0.251 e. The van der Waals surface area contributed by atoms with Crippen molar-refractivity contribution in [2.45, 2.75) is 6.42 Å². The maximum absolute atomic E-state index is 11.6.